The highest BCUT2D eigenvalue weighted by Crippen LogP contribution is 2.30. The maximum absolute atomic E-state index is 13.3. The van der Waals surface area contributed by atoms with E-state index >= 15 is 0 Å². The minimum atomic E-state index is -3.73. The second-order valence-corrected chi connectivity index (χ2v) is 6.94. The van der Waals surface area contributed by atoms with Gasteiger partial charge in [0.05, 0.1) is 4.90 Å². The molecule has 0 unspecified atom stereocenters. The summed E-state index contributed by atoms with van der Waals surface area (Å²) in [5.41, 5.74) is 5.72. The summed E-state index contributed by atoms with van der Waals surface area (Å²) >= 11 is 0. The molecule has 0 aromatic heterocycles. The number of sulfonamides is 1. The summed E-state index contributed by atoms with van der Waals surface area (Å²) < 4.78 is 40.6. The number of hydrogen-bond acceptors (Lipinski definition) is 3. The third-order valence-corrected chi connectivity index (χ3v) is 5.19. The fourth-order valence-electron chi connectivity index (χ4n) is 2.60. The van der Waals surface area contributed by atoms with Crippen LogP contribution < -0.4 is 10.5 Å². The normalized spacial score (nSPS) is 17.8. The van der Waals surface area contributed by atoms with Gasteiger partial charge in [-0.15, -0.1) is 12.4 Å². The van der Waals surface area contributed by atoms with Crippen LogP contribution in [0.2, 0.25) is 0 Å². The third kappa shape index (κ3) is 3.69. The first kappa shape index (κ1) is 17.4. The monoisotopic (exact) mass is 322 g/mol. The molecule has 1 aromatic carbocycles. The van der Waals surface area contributed by atoms with Gasteiger partial charge in [-0.25, -0.2) is 17.5 Å². The van der Waals surface area contributed by atoms with Crippen LogP contribution in [0.1, 0.15) is 31.2 Å². The summed E-state index contributed by atoms with van der Waals surface area (Å²) in [6, 6.07) is 3.80. The molecule has 1 aromatic rings. The van der Waals surface area contributed by atoms with Crippen LogP contribution in [-0.2, 0) is 10.0 Å². The SMILES string of the molecule is Cc1cc(F)cc(S(=O)(=O)NC2(CN)CCCC2)c1.Cl. The summed E-state index contributed by atoms with van der Waals surface area (Å²) in [4.78, 5) is -0.0373. The first-order valence-corrected chi connectivity index (χ1v) is 7.86. The molecule has 20 heavy (non-hydrogen) atoms. The molecule has 1 aliphatic carbocycles. The van der Waals surface area contributed by atoms with Gasteiger partial charge in [-0.3, -0.25) is 0 Å². The van der Waals surface area contributed by atoms with E-state index in [-0.39, 0.29) is 23.8 Å². The van der Waals surface area contributed by atoms with Gasteiger partial charge in [-0.05, 0) is 43.5 Å². The number of halogens is 2. The molecule has 0 atom stereocenters. The molecule has 0 saturated heterocycles. The van der Waals surface area contributed by atoms with E-state index in [0.717, 1.165) is 31.7 Å². The predicted octanol–water partition coefficient (Wildman–Crippen LogP) is 2.11. The molecule has 0 aliphatic heterocycles. The molecular formula is C13H20ClFN2O2S. The van der Waals surface area contributed by atoms with Crippen molar-refractivity contribution in [1.29, 1.82) is 0 Å². The van der Waals surface area contributed by atoms with E-state index in [2.05, 4.69) is 4.72 Å². The van der Waals surface area contributed by atoms with Gasteiger partial charge >= 0.3 is 0 Å². The van der Waals surface area contributed by atoms with E-state index in [1.54, 1.807) is 6.92 Å². The van der Waals surface area contributed by atoms with Crippen LogP contribution >= 0.6 is 12.4 Å². The molecule has 7 heteroatoms. The number of rotatable bonds is 4. The molecule has 114 valence electrons. The number of hydrogen-bond donors (Lipinski definition) is 2. The molecule has 3 N–H and O–H groups in total. The average molecular weight is 323 g/mol. The van der Waals surface area contributed by atoms with Crippen LogP contribution in [0.3, 0.4) is 0 Å². The summed E-state index contributed by atoms with van der Waals surface area (Å²) in [7, 11) is -3.73. The lowest BCUT2D eigenvalue weighted by atomic mass is 10.0. The summed E-state index contributed by atoms with van der Waals surface area (Å²) in [5.74, 6) is -0.548. The van der Waals surface area contributed by atoms with E-state index in [1.165, 1.54) is 12.1 Å². The highest BCUT2D eigenvalue weighted by Gasteiger charge is 2.36. The summed E-state index contributed by atoms with van der Waals surface area (Å²) in [5, 5.41) is 0. The standard InChI is InChI=1S/C13H19FN2O2S.ClH/c1-10-6-11(14)8-12(7-10)19(17,18)16-13(9-15)4-2-3-5-13;/h6-8,16H,2-5,9,15H2,1H3;1H. The second-order valence-electron chi connectivity index (χ2n) is 5.26. The molecule has 0 heterocycles. The first-order valence-electron chi connectivity index (χ1n) is 6.38. The Hall–Kier alpha value is -0.690. The molecular weight excluding hydrogens is 303 g/mol. The number of nitrogens with two attached hydrogens (primary N) is 1. The minimum absolute atomic E-state index is 0. The van der Waals surface area contributed by atoms with Gasteiger partial charge in [0.2, 0.25) is 10.0 Å². The molecule has 1 fully saturated rings. The van der Waals surface area contributed by atoms with E-state index in [9.17, 15) is 12.8 Å². The summed E-state index contributed by atoms with van der Waals surface area (Å²) in [6.07, 6.45) is 3.39. The van der Waals surface area contributed by atoms with Crippen LogP contribution in [0.4, 0.5) is 4.39 Å². The largest absolute Gasteiger partial charge is 0.329 e. The van der Waals surface area contributed by atoms with Crippen LogP contribution in [0.25, 0.3) is 0 Å². The van der Waals surface area contributed by atoms with Gasteiger partial charge in [0, 0.05) is 12.1 Å². The minimum Gasteiger partial charge on any atom is -0.329 e. The van der Waals surface area contributed by atoms with Crippen molar-refractivity contribution in [2.45, 2.75) is 43.0 Å². The van der Waals surface area contributed by atoms with Crippen LogP contribution in [0, 0.1) is 12.7 Å². The molecule has 4 nitrogen and oxygen atoms in total. The topological polar surface area (TPSA) is 72.2 Å². The number of benzene rings is 1. The zero-order valence-corrected chi connectivity index (χ0v) is 13.0. The smallest absolute Gasteiger partial charge is 0.241 e. The number of nitrogens with one attached hydrogen (secondary N) is 1. The van der Waals surface area contributed by atoms with Gasteiger partial charge in [0.25, 0.3) is 0 Å². The molecule has 0 bridgehead atoms. The zero-order chi connectivity index (χ0) is 14.1. The zero-order valence-electron chi connectivity index (χ0n) is 11.4. The molecule has 1 aliphatic rings. The van der Waals surface area contributed by atoms with Crippen LogP contribution in [0.15, 0.2) is 23.1 Å². The Kier molecular flexibility index (Phi) is 5.54. The molecule has 0 spiro atoms. The fourth-order valence-corrected chi connectivity index (χ4v) is 4.19. The highest BCUT2D eigenvalue weighted by atomic mass is 35.5. The number of aryl methyl sites for hydroxylation is 1. The lowest BCUT2D eigenvalue weighted by Crippen LogP contribution is -2.51. The Morgan fingerprint density at radius 1 is 1.30 bits per heavy atom. The van der Waals surface area contributed by atoms with E-state index in [1.807, 2.05) is 0 Å². The lowest BCUT2D eigenvalue weighted by molar-refractivity contribution is 0.399. The lowest BCUT2D eigenvalue weighted by Gasteiger charge is -2.28. The van der Waals surface area contributed by atoms with Crippen molar-refractivity contribution in [3.63, 3.8) is 0 Å². The highest BCUT2D eigenvalue weighted by molar-refractivity contribution is 7.89. The molecule has 0 amide bonds. The fraction of sp³-hybridized carbons (Fsp3) is 0.538. The Balaban J connectivity index is 0.00000200. The quantitative estimate of drug-likeness (QED) is 0.891. The Morgan fingerprint density at radius 2 is 1.90 bits per heavy atom. The van der Waals surface area contributed by atoms with Crippen molar-refractivity contribution < 1.29 is 12.8 Å². The molecule has 0 radical (unpaired) electrons. The van der Waals surface area contributed by atoms with Crippen molar-refractivity contribution in [1.82, 2.24) is 4.72 Å². The summed E-state index contributed by atoms with van der Waals surface area (Å²) in [6.45, 7) is 1.93. The Morgan fingerprint density at radius 3 is 2.40 bits per heavy atom. The van der Waals surface area contributed by atoms with E-state index in [0.29, 0.717) is 5.56 Å². The maximum Gasteiger partial charge on any atom is 0.241 e. The van der Waals surface area contributed by atoms with Gasteiger partial charge in [-0.2, -0.15) is 0 Å². The van der Waals surface area contributed by atoms with E-state index < -0.39 is 21.4 Å². The van der Waals surface area contributed by atoms with Crippen molar-refractivity contribution >= 4 is 22.4 Å². The molecule has 1 saturated carbocycles. The van der Waals surface area contributed by atoms with Gasteiger partial charge in [0.15, 0.2) is 0 Å². The third-order valence-electron chi connectivity index (χ3n) is 3.63. The maximum atomic E-state index is 13.3. The van der Waals surface area contributed by atoms with E-state index in [4.69, 9.17) is 5.73 Å². The first-order chi connectivity index (χ1) is 8.87. The van der Waals surface area contributed by atoms with Crippen LogP contribution in [-0.4, -0.2) is 20.5 Å². The van der Waals surface area contributed by atoms with Gasteiger partial charge < -0.3 is 5.73 Å². The second kappa shape index (κ2) is 6.39. The van der Waals surface area contributed by atoms with Crippen molar-refractivity contribution in [3.05, 3.63) is 29.6 Å². The van der Waals surface area contributed by atoms with Crippen molar-refractivity contribution in [2.24, 2.45) is 5.73 Å². The average Bonchev–Trinajstić information content (AvgIpc) is 2.76. The predicted molar refractivity (Wildman–Crippen MR) is 79.0 cm³/mol. The Labute approximate surface area is 125 Å². The van der Waals surface area contributed by atoms with Crippen LogP contribution in [0.5, 0.6) is 0 Å². The molecule has 2 rings (SSSR count). The van der Waals surface area contributed by atoms with Crippen molar-refractivity contribution in [2.75, 3.05) is 6.54 Å². The van der Waals surface area contributed by atoms with Gasteiger partial charge in [-0.1, -0.05) is 12.8 Å². The van der Waals surface area contributed by atoms with Crippen molar-refractivity contribution in [3.8, 4) is 0 Å². The van der Waals surface area contributed by atoms with Gasteiger partial charge in [0.1, 0.15) is 5.82 Å². The Bertz CT molecular complexity index is 551.